The minimum Gasteiger partial charge on any atom is -0.364 e. The molecule has 15 heavy (non-hydrogen) atoms. The second-order valence-corrected chi connectivity index (χ2v) is 4.43. The van der Waals surface area contributed by atoms with E-state index < -0.39 is 0 Å². The second kappa shape index (κ2) is 4.99. The normalized spacial score (nSPS) is 15.3. The van der Waals surface area contributed by atoms with E-state index in [9.17, 15) is 5.26 Å². The third-order valence-corrected chi connectivity index (χ3v) is 2.70. The molecule has 0 bridgehead atoms. The van der Waals surface area contributed by atoms with Crippen LogP contribution < -0.4 is 0 Å². The molecule has 1 heterocycles. The largest absolute Gasteiger partial charge is 0.364 e. The molecule has 2 atom stereocenters. The van der Waals surface area contributed by atoms with Crippen molar-refractivity contribution in [2.45, 2.75) is 19.9 Å². The van der Waals surface area contributed by atoms with Crippen LogP contribution in [-0.4, -0.2) is 24.0 Å². The molecule has 0 saturated carbocycles. The summed E-state index contributed by atoms with van der Waals surface area (Å²) in [5, 5.41) is 9.22. The maximum Gasteiger partial charge on any atom is 0.0697 e. The Morgan fingerprint density at radius 1 is 1.40 bits per heavy atom. The van der Waals surface area contributed by atoms with Gasteiger partial charge in [-0.3, -0.25) is 4.90 Å². The highest BCUT2D eigenvalue weighted by molar-refractivity contribution is 5.14. The molecule has 2 unspecified atom stereocenters. The molecule has 0 spiro atoms. The van der Waals surface area contributed by atoms with Gasteiger partial charge in [0.2, 0.25) is 0 Å². The molecule has 0 radical (unpaired) electrons. The van der Waals surface area contributed by atoms with Gasteiger partial charge in [0, 0.05) is 11.9 Å². The lowest BCUT2D eigenvalue weighted by Gasteiger charge is -2.29. The minimum atomic E-state index is 0.0126. The van der Waals surface area contributed by atoms with E-state index in [1.165, 1.54) is 0 Å². The highest BCUT2D eigenvalue weighted by Gasteiger charge is 2.28. The molecule has 0 aliphatic carbocycles. The first kappa shape index (κ1) is 11.8. The van der Waals surface area contributed by atoms with Gasteiger partial charge in [-0.25, -0.2) is 0 Å². The number of aromatic amines is 1. The molecule has 3 nitrogen and oxygen atoms in total. The number of hydrogen-bond donors (Lipinski definition) is 1. The van der Waals surface area contributed by atoms with Crippen molar-refractivity contribution in [3.8, 4) is 6.07 Å². The van der Waals surface area contributed by atoms with Gasteiger partial charge in [0.25, 0.3) is 0 Å². The number of H-pyrrole nitrogens is 1. The number of rotatable bonds is 4. The summed E-state index contributed by atoms with van der Waals surface area (Å²) >= 11 is 0. The van der Waals surface area contributed by atoms with Gasteiger partial charge in [-0.05, 0) is 32.1 Å². The van der Waals surface area contributed by atoms with Crippen molar-refractivity contribution in [3.05, 3.63) is 24.0 Å². The van der Waals surface area contributed by atoms with Gasteiger partial charge >= 0.3 is 0 Å². The number of hydrogen-bond acceptors (Lipinski definition) is 2. The van der Waals surface area contributed by atoms with Gasteiger partial charge in [0.1, 0.15) is 0 Å². The topological polar surface area (TPSA) is 42.8 Å². The molecular formula is C12H19N3. The lowest BCUT2D eigenvalue weighted by molar-refractivity contribution is 0.206. The molecule has 3 heteroatoms. The fraction of sp³-hybridized carbons (Fsp3) is 0.583. The molecule has 1 aromatic heterocycles. The highest BCUT2D eigenvalue weighted by Crippen LogP contribution is 2.30. The fourth-order valence-corrected chi connectivity index (χ4v) is 1.91. The Kier molecular flexibility index (Phi) is 3.93. The quantitative estimate of drug-likeness (QED) is 0.820. The van der Waals surface area contributed by atoms with Crippen LogP contribution in [0.1, 0.15) is 25.6 Å². The predicted octanol–water partition coefficient (Wildman–Crippen LogP) is 2.41. The number of aromatic nitrogens is 1. The fourth-order valence-electron chi connectivity index (χ4n) is 1.91. The van der Waals surface area contributed by atoms with Crippen LogP contribution >= 0.6 is 0 Å². The highest BCUT2D eigenvalue weighted by atomic mass is 15.1. The summed E-state index contributed by atoms with van der Waals surface area (Å²) in [5.41, 5.74) is 1.11. The molecule has 1 rings (SSSR count). The third kappa shape index (κ3) is 2.60. The molecule has 0 aromatic carbocycles. The Bertz CT molecular complexity index is 319. The third-order valence-electron chi connectivity index (χ3n) is 2.70. The standard InChI is InChI=1S/C12H19N3/c1-9(2)10(8-13)12(15(3)4)11-6-5-7-14-11/h5-7,9-10,12,14H,1-4H3. The average Bonchev–Trinajstić information content (AvgIpc) is 2.64. The maximum atomic E-state index is 9.22. The lowest BCUT2D eigenvalue weighted by Crippen LogP contribution is -2.29. The van der Waals surface area contributed by atoms with Crippen LogP contribution in [-0.2, 0) is 0 Å². The van der Waals surface area contributed by atoms with Gasteiger partial charge in [0.15, 0.2) is 0 Å². The van der Waals surface area contributed by atoms with Crippen LogP contribution in [0.15, 0.2) is 18.3 Å². The molecule has 0 aliphatic heterocycles. The van der Waals surface area contributed by atoms with Crippen molar-refractivity contribution < 1.29 is 0 Å². The number of nitrogens with one attached hydrogen (secondary N) is 1. The molecular weight excluding hydrogens is 186 g/mol. The molecule has 0 amide bonds. The Morgan fingerprint density at radius 3 is 2.40 bits per heavy atom. The van der Waals surface area contributed by atoms with Gasteiger partial charge < -0.3 is 4.98 Å². The van der Waals surface area contributed by atoms with Crippen LogP contribution in [0.25, 0.3) is 0 Å². The van der Waals surface area contributed by atoms with Crippen LogP contribution in [0, 0.1) is 23.2 Å². The van der Waals surface area contributed by atoms with E-state index in [4.69, 9.17) is 0 Å². The number of nitrogens with zero attached hydrogens (tertiary/aromatic N) is 2. The number of nitriles is 1. The monoisotopic (exact) mass is 205 g/mol. The summed E-state index contributed by atoms with van der Waals surface area (Å²) < 4.78 is 0. The SMILES string of the molecule is CC(C)C(C#N)C(c1ccc[nH]1)N(C)C. The zero-order valence-electron chi connectivity index (χ0n) is 9.86. The summed E-state index contributed by atoms with van der Waals surface area (Å²) in [6.45, 7) is 4.18. The van der Waals surface area contributed by atoms with E-state index in [-0.39, 0.29) is 12.0 Å². The van der Waals surface area contributed by atoms with Crippen molar-refractivity contribution in [2.75, 3.05) is 14.1 Å². The molecule has 0 fully saturated rings. The van der Waals surface area contributed by atoms with Crippen molar-refractivity contribution in [1.29, 1.82) is 5.26 Å². The average molecular weight is 205 g/mol. The first-order valence-electron chi connectivity index (χ1n) is 5.27. The lowest BCUT2D eigenvalue weighted by atomic mass is 9.87. The van der Waals surface area contributed by atoms with Crippen molar-refractivity contribution in [1.82, 2.24) is 9.88 Å². The maximum absolute atomic E-state index is 9.22. The van der Waals surface area contributed by atoms with E-state index in [1.54, 1.807) is 0 Å². The van der Waals surface area contributed by atoms with Gasteiger partial charge in [-0.1, -0.05) is 13.8 Å². The zero-order chi connectivity index (χ0) is 11.4. The van der Waals surface area contributed by atoms with E-state index in [0.717, 1.165) is 5.69 Å². The first-order valence-corrected chi connectivity index (χ1v) is 5.27. The van der Waals surface area contributed by atoms with Gasteiger partial charge in [-0.2, -0.15) is 5.26 Å². The second-order valence-electron chi connectivity index (χ2n) is 4.43. The van der Waals surface area contributed by atoms with E-state index >= 15 is 0 Å². The van der Waals surface area contributed by atoms with Crippen molar-refractivity contribution >= 4 is 0 Å². The zero-order valence-corrected chi connectivity index (χ0v) is 9.86. The Morgan fingerprint density at radius 2 is 2.07 bits per heavy atom. The predicted molar refractivity (Wildman–Crippen MR) is 61.2 cm³/mol. The minimum absolute atomic E-state index is 0.0126. The van der Waals surface area contributed by atoms with E-state index in [1.807, 2.05) is 32.4 Å². The van der Waals surface area contributed by atoms with Crippen molar-refractivity contribution in [3.63, 3.8) is 0 Å². The van der Waals surface area contributed by atoms with Crippen LogP contribution in [0.2, 0.25) is 0 Å². The molecule has 82 valence electrons. The summed E-state index contributed by atoms with van der Waals surface area (Å²) in [6, 6.07) is 6.56. The smallest absolute Gasteiger partial charge is 0.0697 e. The Hall–Kier alpha value is -1.27. The van der Waals surface area contributed by atoms with E-state index in [2.05, 4.69) is 29.8 Å². The molecule has 0 saturated heterocycles. The van der Waals surface area contributed by atoms with Gasteiger partial charge in [0.05, 0.1) is 18.0 Å². The summed E-state index contributed by atoms with van der Waals surface area (Å²) in [4.78, 5) is 5.29. The Balaban J connectivity index is 2.98. The van der Waals surface area contributed by atoms with Crippen molar-refractivity contribution in [2.24, 2.45) is 11.8 Å². The molecule has 1 N–H and O–H groups in total. The van der Waals surface area contributed by atoms with Crippen LogP contribution in [0.3, 0.4) is 0 Å². The van der Waals surface area contributed by atoms with Crippen LogP contribution in [0.5, 0.6) is 0 Å². The first-order chi connectivity index (χ1) is 7.07. The Labute approximate surface area is 91.7 Å². The molecule has 0 aliphatic rings. The van der Waals surface area contributed by atoms with Crippen LogP contribution in [0.4, 0.5) is 0 Å². The summed E-state index contributed by atoms with van der Waals surface area (Å²) in [5.74, 6) is 0.365. The molecule has 1 aromatic rings. The summed E-state index contributed by atoms with van der Waals surface area (Å²) in [7, 11) is 4.02. The van der Waals surface area contributed by atoms with E-state index in [0.29, 0.717) is 5.92 Å². The van der Waals surface area contributed by atoms with Gasteiger partial charge in [-0.15, -0.1) is 0 Å². The summed E-state index contributed by atoms with van der Waals surface area (Å²) in [6.07, 6.45) is 1.90.